The van der Waals surface area contributed by atoms with E-state index in [0.29, 0.717) is 5.92 Å². The Morgan fingerprint density at radius 1 is 0.741 bits per heavy atom. The lowest BCUT2D eigenvalue weighted by atomic mass is 9.84. The highest BCUT2D eigenvalue weighted by Gasteiger charge is 2.40. The number of nitrogens with zero attached hydrogens (tertiary/aromatic N) is 1. The van der Waals surface area contributed by atoms with Gasteiger partial charge in [-0.3, -0.25) is 4.84 Å². The van der Waals surface area contributed by atoms with E-state index in [1.165, 1.54) is 11.1 Å². The summed E-state index contributed by atoms with van der Waals surface area (Å²) in [6.07, 6.45) is 3.22. The highest BCUT2D eigenvalue weighted by Crippen LogP contribution is 2.41. The molecule has 2 aromatic carbocycles. The topological polar surface area (TPSA) is 12.5 Å². The molecule has 27 heavy (non-hydrogen) atoms. The van der Waals surface area contributed by atoms with Crippen LogP contribution in [0.25, 0.3) is 0 Å². The van der Waals surface area contributed by atoms with Crippen molar-refractivity contribution in [3.05, 3.63) is 71.8 Å². The number of hydrogen-bond acceptors (Lipinski definition) is 2. The third-order valence-corrected chi connectivity index (χ3v) is 6.01. The molecule has 0 saturated heterocycles. The van der Waals surface area contributed by atoms with Gasteiger partial charge in [0.15, 0.2) is 0 Å². The average molecular weight is 368 g/mol. The van der Waals surface area contributed by atoms with E-state index in [9.17, 15) is 0 Å². The molecular weight excluding hydrogens is 330 g/mol. The second kappa shape index (κ2) is 10.1. The van der Waals surface area contributed by atoms with Gasteiger partial charge < -0.3 is 0 Å². The second-order valence-corrected chi connectivity index (χ2v) is 7.87. The first kappa shape index (κ1) is 21.7. The Kier molecular flexibility index (Phi) is 8.07. The minimum Gasteiger partial charge on any atom is -0.290 e. The van der Waals surface area contributed by atoms with E-state index < -0.39 is 0 Å². The van der Waals surface area contributed by atoms with Gasteiger partial charge in [0.25, 0.3) is 0 Å². The van der Waals surface area contributed by atoms with Gasteiger partial charge in [-0.05, 0) is 43.2 Å². The lowest BCUT2D eigenvalue weighted by Gasteiger charge is -2.48. The zero-order valence-electron chi connectivity index (χ0n) is 18.0. The maximum absolute atomic E-state index is 6.79. The third kappa shape index (κ3) is 5.00. The van der Waals surface area contributed by atoms with Gasteiger partial charge in [0.05, 0.1) is 6.04 Å². The summed E-state index contributed by atoms with van der Waals surface area (Å²) in [5.74, 6) is 0.444. The molecule has 0 N–H and O–H groups in total. The zero-order valence-corrected chi connectivity index (χ0v) is 18.0. The predicted molar refractivity (Wildman–Crippen MR) is 115 cm³/mol. The number of benzene rings is 2. The first-order valence-electron chi connectivity index (χ1n) is 10.5. The van der Waals surface area contributed by atoms with Crippen LogP contribution in [0.1, 0.15) is 84.1 Å². The standard InChI is InChI=1S/C25H37NO/c1-7-25(8-2,9-3)26(27-21(6)22-16-12-10-13-17-22)24(20(4)5)23-18-14-11-15-19-23/h10-21,24H,7-9H2,1-6H3. The van der Waals surface area contributed by atoms with Gasteiger partial charge in [-0.15, -0.1) is 0 Å². The minimum absolute atomic E-state index is 0.0141. The van der Waals surface area contributed by atoms with Crippen LogP contribution >= 0.6 is 0 Å². The molecule has 2 heteroatoms. The fraction of sp³-hybridized carbons (Fsp3) is 0.520. The Morgan fingerprint density at radius 2 is 1.19 bits per heavy atom. The molecule has 148 valence electrons. The summed E-state index contributed by atoms with van der Waals surface area (Å²) in [5, 5.41) is 2.35. The van der Waals surface area contributed by atoms with Crippen molar-refractivity contribution in [1.29, 1.82) is 0 Å². The minimum atomic E-state index is 0.0141. The van der Waals surface area contributed by atoms with Crippen LogP contribution in [0.4, 0.5) is 0 Å². The van der Waals surface area contributed by atoms with Gasteiger partial charge in [0, 0.05) is 5.54 Å². The van der Waals surface area contributed by atoms with Gasteiger partial charge in [-0.2, -0.15) is 5.06 Å². The molecule has 0 saturated carbocycles. The molecule has 2 aromatic rings. The Bertz CT molecular complexity index is 640. The first-order valence-corrected chi connectivity index (χ1v) is 10.5. The summed E-state index contributed by atoms with van der Waals surface area (Å²) in [4.78, 5) is 6.79. The predicted octanol–water partition coefficient (Wildman–Crippen LogP) is 7.35. The quantitative estimate of drug-likeness (QED) is 0.407. The van der Waals surface area contributed by atoms with Crippen LogP contribution in [0.15, 0.2) is 60.7 Å². The van der Waals surface area contributed by atoms with Crippen LogP contribution in [0.2, 0.25) is 0 Å². The van der Waals surface area contributed by atoms with Crippen molar-refractivity contribution in [2.24, 2.45) is 5.92 Å². The Morgan fingerprint density at radius 3 is 1.59 bits per heavy atom. The van der Waals surface area contributed by atoms with Crippen molar-refractivity contribution >= 4 is 0 Å². The van der Waals surface area contributed by atoms with Crippen molar-refractivity contribution in [3.63, 3.8) is 0 Å². The van der Waals surface area contributed by atoms with E-state index in [4.69, 9.17) is 4.84 Å². The fourth-order valence-corrected chi connectivity index (χ4v) is 4.09. The van der Waals surface area contributed by atoms with Gasteiger partial charge in [0.2, 0.25) is 0 Å². The molecule has 0 radical (unpaired) electrons. The van der Waals surface area contributed by atoms with Crippen LogP contribution in [-0.4, -0.2) is 10.6 Å². The molecule has 2 unspecified atom stereocenters. The molecule has 0 spiro atoms. The van der Waals surface area contributed by atoms with Crippen LogP contribution in [0.3, 0.4) is 0 Å². The van der Waals surface area contributed by atoms with Gasteiger partial charge in [-0.25, -0.2) is 0 Å². The zero-order chi connectivity index (χ0) is 19.9. The second-order valence-electron chi connectivity index (χ2n) is 7.87. The summed E-state index contributed by atoms with van der Waals surface area (Å²) in [7, 11) is 0. The molecule has 2 nitrogen and oxygen atoms in total. The SMILES string of the molecule is CCC(CC)(CC)N(OC(C)c1ccccc1)C(c1ccccc1)C(C)C. The summed E-state index contributed by atoms with van der Waals surface area (Å²) in [6, 6.07) is 21.6. The van der Waals surface area contributed by atoms with E-state index >= 15 is 0 Å². The molecule has 0 amide bonds. The molecule has 0 aliphatic rings. The molecular formula is C25H37NO. The lowest BCUT2D eigenvalue weighted by molar-refractivity contribution is -0.286. The molecule has 0 bridgehead atoms. The van der Waals surface area contributed by atoms with Crippen molar-refractivity contribution in [1.82, 2.24) is 5.06 Å². The molecule has 0 heterocycles. The van der Waals surface area contributed by atoms with Crippen molar-refractivity contribution < 1.29 is 4.84 Å². The summed E-state index contributed by atoms with van der Waals surface area (Å²) < 4.78 is 0. The van der Waals surface area contributed by atoms with Crippen LogP contribution < -0.4 is 0 Å². The Balaban J connectivity index is 2.47. The molecule has 0 fully saturated rings. The Hall–Kier alpha value is -1.64. The van der Waals surface area contributed by atoms with Crippen molar-refractivity contribution in [3.8, 4) is 0 Å². The van der Waals surface area contributed by atoms with Crippen LogP contribution in [-0.2, 0) is 4.84 Å². The van der Waals surface area contributed by atoms with E-state index in [1.54, 1.807) is 0 Å². The van der Waals surface area contributed by atoms with E-state index in [-0.39, 0.29) is 17.7 Å². The first-order chi connectivity index (χ1) is 13.0. The summed E-state index contributed by atoms with van der Waals surface area (Å²) >= 11 is 0. The van der Waals surface area contributed by atoms with Gasteiger partial charge in [-0.1, -0.05) is 95.3 Å². The lowest BCUT2D eigenvalue weighted by Crippen LogP contribution is -2.51. The van der Waals surface area contributed by atoms with Crippen molar-refractivity contribution in [2.75, 3.05) is 0 Å². The highest BCUT2D eigenvalue weighted by molar-refractivity contribution is 5.21. The molecule has 2 rings (SSSR count). The maximum Gasteiger partial charge on any atom is 0.102 e. The molecule has 0 aliphatic heterocycles. The fourth-order valence-electron chi connectivity index (χ4n) is 4.09. The third-order valence-electron chi connectivity index (χ3n) is 6.01. The van der Waals surface area contributed by atoms with E-state index in [2.05, 4.69) is 107 Å². The van der Waals surface area contributed by atoms with Crippen molar-refractivity contribution in [2.45, 2.75) is 78.5 Å². The number of rotatable bonds is 10. The highest BCUT2D eigenvalue weighted by atomic mass is 16.7. The Labute approximate surface area is 166 Å². The maximum atomic E-state index is 6.79. The summed E-state index contributed by atoms with van der Waals surface area (Å²) in [6.45, 7) is 13.6. The molecule has 0 aliphatic carbocycles. The molecule has 2 atom stereocenters. The molecule has 0 aromatic heterocycles. The van der Waals surface area contributed by atoms with E-state index in [1.807, 2.05) is 0 Å². The number of hydroxylamine groups is 2. The normalized spacial score (nSPS) is 14.5. The van der Waals surface area contributed by atoms with Gasteiger partial charge in [0.1, 0.15) is 6.10 Å². The van der Waals surface area contributed by atoms with Crippen LogP contribution in [0, 0.1) is 5.92 Å². The average Bonchev–Trinajstić information content (AvgIpc) is 2.71. The smallest absolute Gasteiger partial charge is 0.102 e. The van der Waals surface area contributed by atoms with Gasteiger partial charge >= 0.3 is 0 Å². The largest absolute Gasteiger partial charge is 0.290 e. The summed E-state index contributed by atoms with van der Waals surface area (Å²) in [5.41, 5.74) is 2.57. The number of hydrogen-bond donors (Lipinski definition) is 0. The van der Waals surface area contributed by atoms with Crippen LogP contribution in [0.5, 0.6) is 0 Å². The van der Waals surface area contributed by atoms with E-state index in [0.717, 1.165) is 19.3 Å². The monoisotopic (exact) mass is 367 g/mol.